The Kier molecular flexibility index (Phi) is 5.05. The summed E-state index contributed by atoms with van der Waals surface area (Å²) in [6, 6.07) is 9.12. The first-order valence-electron chi connectivity index (χ1n) is 8.71. The molecule has 6 nitrogen and oxygen atoms in total. The Morgan fingerprint density at radius 1 is 1.24 bits per heavy atom. The molecular weight excluding hydrogens is 316 g/mol. The third-order valence-electron chi connectivity index (χ3n) is 5.15. The number of hydrogen-bond donors (Lipinski definition) is 0. The molecule has 0 spiro atoms. The van der Waals surface area contributed by atoms with Crippen LogP contribution >= 0.6 is 0 Å². The minimum absolute atomic E-state index is 0.00686. The fourth-order valence-corrected chi connectivity index (χ4v) is 3.78. The smallest absolute Gasteiger partial charge is 0.254 e. The van der Waals surface area contributed by atoms with Crippen LogP contribution < -0.4 is 0 Å². The zero-order valence-corrected chi connectivity index (χ0v) is 14.8. The second-order valence-corrected chi connectivity index (χ2v) is 7.23. The second kappa shape index (κ2) is 7.24. The van der Waals surface area contributed by atoms with Gasteiger partial charge in [0.15, 0.2) is 0 Å². The number of fused-ring (bicyclic) bond motifs is 4. The summed E-state index contributed by atoms with van der Waals surface area (Å²) < 4.78 is 0. The zero-order valence-electron chi connectivity index (χ0n) is 14.8. The third kappa shape index (κ3) is 3.83. The molecular formula is C19H24N4O2. The van der Waals surface area contributed by atoms with E-state index in [2.05, 4.69) is 11.0 Å². The van der Waals surface area contributed by atoms with Crippen LogP contribution in [0.2, 0.25) is 0 Å². The van der Waals surface area contributed by atoms with Crippen molar-refractivity contribution >= 4 is 11.8 Å². The summed E-state index contributed by atoms with van der Waals surface area (Å²) in [6.07, 6.45) is 2.07. The predicted molar refractivity (Wildman–Crippen MR) is 93.8 cm³/mol. The molecule has 0 aromatic heterocycles. The number of rotatable bonds is 3. The van der Waals surface area contributed by atoms with Gasteiger partial charge in [0.05, 0.1) is 18.2 Å². The second-order valence-electron chi connectivity index (χ2n) is 7.23. The third-order valence-corrected chi connectivity index (χ3v) is 5.15. The van der Waals surface area contributed by atoms with Crippen LogP contribution in [-0.2, 0) is 4.79 Å². The van der Waals surface area contributed by atoms with Crippen LogP contribution in [0.5, 0.6) is 0 Å². The summed E-state index contributed by atoms with van der Waals surface area (Å²) in [5.41, 5.74) is 1.08. The molecule has 25 heavy (non-hydrogen) atoms. The van der Waals surface area contributed by atoms with Crippen LogP contribution in [-0.4, -0.2) is 72.8 Å². The molecule has 6 heteroatoms. The molecule has 1 aromatic rings. The van der Waals surface area contributed by atoms with E-state index < -0.39 is 0 Å². The Balaban J connectivity index is 1.75. The van der Waals surface area contributed by atoms with Gasteiger partial charge in [0, 0.05) is 45.3 Å². The van der Waals surface area contributed by atoms with Gasteiger partial charge in [-0.15, -0.1) is 0 Å². The van der Waals surface area contributed by atoms with Gasteiger partial charge in [-0.2, -0.15) is 5.26 Å². The first-order valence-corrected chi connectivity index (χ1v) is 8.71. The minimum Gasteiger partial charge on any atom is -0.348 e. The van der Waals surface area contributed by atoms with E-state index in [-0.39, 0.29) is 17.9 Å². The van der Waals surface area contributed by atoms with Gasteiger partial charge >= 0.3 is 0 Å². The number of amides is 2. The standard InChI is InChI=1S/C19H24N4O2/c1-21(2)18(24)13-22-10-15-6-7-17(12-22)23(11-15)19(25)16-5-3-4-14(8-16)9-20/h3-5,8,15,17H,6-7,10-13H2,1-2H3/t15-,17+/m0/s1. The van der Waals surface area contributed by atoms with Gasteiger partial charge in [0.1, 0.15) is 0 Å². The SMILES string of the molecule is CN(C)C(=O)CN1C[C@@H]2CC[C@H](C1)N(C(=O)c1cccc(C#N)c1)C2. The molecule has 1 aromatic carbocycles. The lowest BCUT2D eigenvalue weighted by Gasteiger charge is -2.36. The quantitative estimate of drug-likeness (QED) is 0.829. The number of hydrogen-bond acceptors (Lipinski definition) is 4. The molecule has 2 bridgehead atoms. The van der Waals surface area contributed by atoms with Crippen molar-refractivity contribution in [3.8, 4) is 6.07 Å². The fourth-order valence-electron chi connectivity index (χ4n) is 3.78. The highest BCUT2D eigenvalue weighted by Gasteiger charge is 2.37. The number of nitrogens with zero attached hydrogens (tertiary/aromatic N) is 4. The van der Waals surface area contributed by atoms with Gasteiger partial charge in [-0.1, -0.05) is 6.07 Å². The van der Waals surface area contributed by atoms with E-state index >= 15 is 0 Å². The van der Waals surface area contributed by atoms with Crippen molar-refractivity contribution in [1.29, 1.82) is 5.26 Å². The molecule has 0 N–H and O–H groups in total. The number of carbonyl (C=O) groups is 2. The largest absolute Gasteiger partial charge is 0.348 e. The molecule has 2 amide bonds. The fraction of sp³-hybridized carbons (Fsp3) is 0.526. The highest BCUT2D eigenvalue weighted by Crippen LogP contribution is 2.29. The van der Waals surface area contributed by atoms with Gasteiger partial charge in [-0.05, 0) is 37.0 Å². The molecule has 0 radical (unpaired) electrons. The summed E-state index contributed by atoms with van der Waals surface area (Å²) in [7, 11) is 3.54. The van der Waals surface area contributed by atoms with Crippen LogP contribution in [0.4, 0.5) is 0 Å². The van der Waals surface area contributed by atoms with Crippen molar-refractivity contribution < 1.29 is 9.59 Å². The Bertz CT molecular complexity index is 710. The molecule has 4 rings (SSSR count). The Hall–Kier alpha value is -2.39. The van der Waals surface area contributed by atoms with Gasteiger partial charge in [-0.3, -0.25) is 14.5 Å². The Labute approximate surface area is 148 Å². The monoisotopic (exact) mass is 340 g/mol. The van der Waals surface area contributed by atoms with Crippen molar-refractivity contribution in [2.75, 3.05) is 40.3 Å². The summed E-state index contributed by atoms with van der Waals surface area (Å²) in [5, 5.41) is 9.05. The summed E-state index contributed by atoms with van der Waals surface area (Å²) in [6.45, 7) is 2.73. The molecule has 0 saturated carbocycles. The predicted octanol–water partition coefficient (Wildman–Crippen LogP) is 1.18. The van der Waals surface area contributed by atoms with Crippen molar-refractivity contribution in [2.24, 2.45) is 5.92 Å². The molecule has 3 aliphatic heterocycles. The molecule has 3 fully saturated rings. The molecule has 132 valence electrons. The Morgan fingerprint density at radius 3 is 2.76 bits per heavy atom. The molecule has 2 atom stereocenters. The van der Waals surface area contributed by atoms with Crippen LogP contribution in [0.15, 0.2) is 24.3 Å². The maximum Gasteiger partial charge on any atom is 0.254 e. The van der Waals surface area contributed by atoms with E-state index in [1.54, 1.807) is 43.3 Å². The normalized spacial score (nSPS) is 23.0. The van der Waals surface area contributed by atoms with E-state index in [4.69, 9.17) is 5.26 Å². The number of benzene rings is 1. The van der Waals surface area contributed by atoms with E-state index in [1.807, 2.05) is 4.90 Å². The molecule has 0 unspecified atom stereocenters. The van der Waals surface area contributed by atoms with Crippen molar-refractivity contribution in [3.05, 3.63) is 35.4 Å². The van der Waals surface area contributed by atoms with Crippen molar-refractivity contribution in [3.63, 3.8) is 0 Å². The number of carbonyl (C=O) groups excluding carboxylic acids is 2. The van der Waals surface area contributed by atoms with Gasteiger partial charge in [-0.25, -0.2) is 0 Å². The Morgan fingerprint density at radius 2 is 2.04 bits per heavy atom. The van der Waals surface area contributed by atoms with Gasteiger partial charge < -0.3 is 9.80 Å². The molecule has 3 heterocycles. The van der Waals surface area contributed by atoms with E-state index in [0.717, 1.165) is 32.5 Å². The van der Waals surface area contributed by atoms with Crippen molar-refractivity contribution in [2.45, 2.75) is 18.9 Å². The molecule has 3 saturated heterocycles. The summed E-state index contributed by atoms with van der Waals surface area (Å²) >= 11 is 0. The van der Waals surface area contributed by atoms with E-state index in [9.17, 15) is 9.59 Å². The van der Waals surface area contributed by atoms with Crippen LogP contribution in [0.25, 0.3) is 0 Å². The van der Waals surface area contributed by atoms with Crippen LogP contribution in [0, 0.1) is 17.2 Å². The maximum absolute atomic E-state index is 13.0. The molecule has 3 aliphatic rings. The van der Waals surface area contributed by atoms with Gasteiger partial charge in [0.2, 0.25) is 5.91 Å². The van der Waals surface area contributed by atoms with Crippen LogP contribution in [0.1, 0.15) is 28.8 Å². The first-order chi connectivity index (χ1) is 12.0. The van der Waals surface area contributed by atoms with E-state index in [0.29, 0.717) is 23.6 Å². The topological polar surface area (TPSA) is 67.7 Å². The summed E-state index contributed by atoms with van der Waals surface area (Å²) in [5.74, 6) is 0.491. The minimum atomic E-state index is -0.00686. The first kappa shape index (κ1) is 17.4. The van der Waals surface area contributed by atoms with Crippen LogP contribution in [0.3, 0.4) is 0 Å². The van der Waals surface area contributed by atoms with Gasteiger partial charge in [0.25, 0.3) is 5.91 Å². The average molecular weight is 340 g/mol. The zero-order chi connectivity index (χ0) is 18.0. The van der Waals surface area contributed by atoms with E-state index in [1.165, 1.54) is 0 Å². The highest BCUT2D eigenvalue weighted by atomic mass is 16.2. The number of piperidine rings is 1. The summed E-state index contributed by atoms with van der Waals surface area (Å²) in [4.78, 5) is 30.8. The average Bonchev–Trinajstić information content (AvgIpc) is 2.91. The molecule has 0 aliphatic carbocycles. The maximum atomic E-state index is 13.0. The number of nitriles is 1. The lowest BCUT2D eigenvalue weighted by Crippen LogP contribution is -2.47. The highest BCUT2D eigenvalue weighted by molar-refractivity contribution is 5.95. The lowest BCUT2D eigenvalue weighted by atomic mass is 9.94. The van der Waals surface area contributed by atoms with Crippen molar-refractivity contribution in [1.82, 2.24) is 14.7 Å². The number of likely N-dealkylation sites (N-methyl/N-ethyl adjacent to an activating group) is 1. The lowest BCUT2D eigenvalue weighted by molar-refractivity contribution is -0.129.